The van der Waals surface area contributed by atoms with Gasteiger partial charge in [-0.05, 0) is 48.6 Å². The number of hydrogen-bond acceptors (Lipinski definition) is 5. The smallest absolute Gasteiger partial charge is 0.342 e. The number of carbonyl (C=O) groups excluding carboxylic acids is 2. The Labute approximate surface area is 158 Å². The van der Waals surface area contributed by atoms with Gasteiger partial charge in [0.2, 0.25) is 0 Å². The molecule has 0 fully saturated rings. The molecule has 2 aromatic carbocycles. The summed E-state index contributed by atoms with van der Waals surface area (Å²) in [5.41, 5.74) is 2.61. The molecule has 1 unspecified atom stereocenters. The number of rotatable bonds is 6. The van der Waals surface area contributed by atoms with E-state index in [0.29, 0.717) is 11.5 Å². The summed E-state index contributed by atoms with van der Waals surface area (Å²) >= 11 is 0. The lowest BCUT2D eigenvalue weighted by atomic mass is 9.88. The molecule has 1 aliphatic rings. The second kappa shape index (κ2) is 8.58. The monoisotopic (exact) mass is 369 g/mol. The number of methoxy groups -OCH3 is 2. The van der Waals surface area contributed by atoms with Crippen LogP contribution in [0.4, 0.5) is 0 Å². The Hall–Kier alpha value is -3.02. The van der Waals surface area contributed by atoms with E-state index in [1.54, 1.807) is 12.1 Å². The molecule has 0 aromatic heterocycles. The number of benzene rings is 2. The van der Waals surface area contributed by atoms with Crippen LogP contribution in [0, 0.1) is 0 Å². The number of esters is 1. The molecule has 1 N–H and O–H groups in total. The van der Waals surface area contributed by atoms with E-state index in [-0.39, 0.29) is 24.1 Å². The number of ether oxygens (including phenoxy) is 3. The second-order valence-corrected chi connectivity index (χ2v) is 6.35. The Morgan fingerprint density at radius 2 is 1.93 bits per heavy atom. The zero-order valence-electron chi connectivity index (χ0n) is 15.5. The highest BCUT2D eigenvalue weighted by atomic mass is 16.5. The lowest BCUT2D eigenvalue weighted by molar-refractivity contribution is -0.125. The normalized spacial score (nSPS) is 15.4. The van der Waals surface area contributed by atoms with Crippen LogP contribution < -0.4 is 14.8 Å². The van der Waals surface area contributed by atoms with Crippen molar-refractivity contribution < 1.29 is 23.8 Å². The second-order valence-electron chi connectivity index (χ2n) is 6.35. The maximum atomic E-state index is 12.3. The van der Waals surface area contributed by atoms with E-state index < -0.39 is 5.97 Å². The van der Waals surface area contributed by atoms with Gasteiger partial charge in [-0.1, -0.05) is 24.3 Å². The maximum absolute atomic E-state index is 12.3. The fourth-order valence-electron chi connectivity index (χ4n) is 3.32. The summed E-state index contributed by atoms with van der Waals surface area (Å²) in [5.74, 6) is -0.0923. The predicted octanol–water partition coefficient (Wildman–Crippen LogP) is 3.05. The Balaban J connectivity index is 1.61. The summed E-state index contributed by atoms with van der Waals surface area (Å²) in [6, 6.07) is 12.9. The van der Waals surface area contributed by atoms with Crippen molar-refractivity contribution in [1.29, 1.82) is 0 Å². The van der Waals surface area contributed by atoms with E-state index in [0.717, 1.165) is 24.8 Å². The molecule has 3 rings (SSSR count). The molecule has 0 heterocycles. The predicted molar refractivity (Wildman–Crippen MR) is 100 cm³/mol. The van der Waals surface area contributed by atoms with E-state index in [9.17, 15) is 9.59 Å². The van der Waals surface area contributed by atoms with Gasteiger partial charge in [0.15, 0.2) is 6.61 Å². The van der Waals surface area contributed by atoms with Gasteiger partial charge in [0.25, 0.3) is 5.91 Å². The molecule has 27 heavy (non-hydrogen) atoms. The van der Waals surface area contributed by atoms with Gasteiger partial charge in [-0.3, -0.25) is 4.79 Å². The van der Waals surface area contributed by atoms with Crippen LogP contribution in [0.5, 0.6) is 11.5 Å². The number of fused-ring (bicyclic) bond motifs is 1. The number of aryl methyl sites for hydroxylation is 1. The van der Waals surface area contributed by atoms with Crippen molar-refractivity contribution in [3.8, 4) is 11.5 Å². The Kier molecular flexibility index (Phi) is 5.96. The molecule has 0 saturated heterocycles. The van der Waals surface area contributed by atoms with Gasteiger partial charge in [0.1, 0.15) is 17.1 Å². The zero-order chi connectivity index (χ0) is 19.2. The number of hydrogen-bond donors (Lipinski definition) is 1. The van der Waals surface area contributed by atoms with E-state index in [1.807, 2.05) is 18.2 Å². The quantitative estimate of drug-likeness (QED) is 0.792. The summed E-state index contributed by atoms with van der Waals surface area (Å²) in [5, 5.41) is 2.96. The SMILES string of the molecule is COc1ccc(OC)c(C(=O)OCC(=O)NC2CCCc3ccccc32)c1. The first-order chi connectivity index (χ1) is 13.1. The number of nitrogens with one attached hydrogen (secondary N) is 1. The molecule has 1 atom stereocenters. The highest BCUT2D eigenvalue weighted by Gasteiger charge is 2.22. The van der Waals surface area contributed by atoms with Crippen molar-refractivity contribution in [3.05, 3.63) is 59.2 Å². The number of amides is 1. The first-order valence-corrected chi connectivity index (χ1v) is 8.88. The summed E-state index contributed by atoms with van der Waals surface area (Å²) in [6.07, 6.45) is 2.91. The van der Waals surface area contributed by atoms with Gasteiger partial charge in [-0.25, -0.2) is 4.79 Å². The van der Waals surface area contributed by atoms with Gasteiger partial charge >= 0.3 is 5.97 Å². The summed E-state index contributed by atoms with van der Waals surface area (Å²) in [7, 11) is 2.97. The van der Waals surface area contributed by atoms with E-state index in [2.05, 4.69) is 11.4 Å². The third kappa shape index (κ3) is 4.39. The van der Waals surface area contributed by atoms with E-state index in [1.165, 1.54) is 25.8 Å². The first kappa shape index (κ1) is 18.8. The van der Waals surface area contributed by atoms with Crippen LogP contribution in [0.15, 0.2) is 42.5 Å². The molecule has 1 aliphatic carbocycles. The lowest BCUT2D eigenvalue weighted by Gasteiger charge is -2.26. The molecule has 6 heteroatoms. The van der Waals surface area contributed by atoms with Crippen molar-refractivity contribution in [2.45, 2.75) is 25.3 Å². The van der Waals surface area contributed by atoms with Crippen molar-refractivity contribution in [2.75, 3.05) is 20.8 Å². The minimum Gasteiger partial charge on any atom is -0.497 e. The third-order valence-corrected chi connectivity index (χ3v) is 4.67. The van der Waals surface area contributed by atoms with Crippen LogP contribution in [0.1, 0.15) is 40.4 Å². The Morgan fingerprint density at radius 1 is 1.11 bits per heavy atom. The molecule has 0 spiro atoms. The fourth-order valence-corrected chi connectivity index (χ4v) is 3.32. The largest absolute Gasteiger partial charge is 0.497 e. The Bertz CT molecular complexity index is 833. The molecular formula is C21H23NO5. The van der Waals surface area contributed by atoms with Gasteiger partial charge in [-0.2, -0.15) is 0 Å². The molecule has 0 bridgehead atoms. The van der Waals surface area contributed by atoms with Crippen molar-refractivity contribution in [3.63, 3.8) is 0 Å². The van der Waals surface area contributed by atoms with Crippen molar-refractivity contribution in [2.24, 2.45) is 0 Å². The topological polar surface area (TPSA) is 73.9 Å². The minimum atomic E-state index is -0.634. The molecule has 0 radical (unpaired) electrons. The van der Waals surface area contributed by atoms with E-state index in [4.69, 9.17) is 14.2 Å². The molecule has 2 aromatic rings. The first-order valence-electron chi connectivity index (χ1n) is 8.88. The Morgan fingerprint density at radius 3 is 2.70 bits per heavy atom. The van der Waals surface area contributed by atoms with Gasteiger partial charge in [-0.15, -0.1) is 0 Å². The lowest BCUT2D eigenvalue weighted by Crippen LogP contribution is -2.34. The van der Waals surface area contributed by atoms with Gasteiger partial charge in [0, 0.05) is 0 Å². The molecule has 142 valence electrons. The summed E-state index contributed by atoms with van der Waals surface area (Å²) < 4.78 is 15.5. The molecule has 0 saturated carbocycles. The van der Waals surface area contributed by atoms with Crippen LogP contribution in [0.2, 0.25) is 0 Å². The van der Waals surface area contributed by atoms with Crippen LogP contribution in [-0.2, 0) is 16.0 Å². The standard InChI is InChI=1S/C21H23NO5/c1-25-15-10-11-19(26-2)17(12-15)21(24)27-13-20(23)22-18-9-5-7-14-6-3-4-8-16(14)18/h3-4,6,8,10-12,18H,5,7,9,13H2,1-2H3,(H,22,23). The fraction of sp³-hybridized carbons (Fsp3) is 0.333. The van der Waals surface area contributed by atoms with Crippen LogP contribution in [0.3, 0.4) is 0 Å². The van der Waals surface area contributed by atoms with Crippen molar-refractivity contribution >= 4 is 11.9 Å². The minimum absolute atomic E-state index is 0.0486. The van der Waals surface area contributed by atoms with Crippen LogP contribution >= 0.6 is 0 Å². The highest BCUT2D eigenvalue weighted by molar-refractivity contribution is 5.94. The van der Waals surface area contributed by atoms with Gasteiger partial charge < -0.3 is 19.5 Å². The molecule has 1 amide bonds. The highest BCUT2D eigenvalue weighted by Crippen LogP contribution is 2.29. The molecule has 0 aliphatic heterocycles. The molecule has 6 nitrogen and oxygen atoms in total. The summed E-state index contributed by atoms with van der Waals surface area (Å²) in [6.45, 7) is -0.349. The average Bonchev–Trinajstić information content (AvgIpc) is 2.71. The summed E-state index contributed by atoms with van der Waals surface area (Å²) in [4.78, 5) is 24.6. The average molecular weight is 369 g/mol. The van der Waals surface area contributed by atoms with Crippen LogP contribution in [-0.4, -0.2) is 32.7 Å². The molecular weight excluding hydrogens is 346 g/mol. The van der Waals surface area contributed by atoms with Gasteiger partial charge in [0.05, 0.1) is 20.3 Å². The maximum Gasteiger partial charge on any atom is 0.342 e. The third-order valence-electron chi connectivity index (χ3n) is 4.67. The zero-order valence-corrected chi connectivity index (χ0v) is 15.5. The van der Waals surface area contributed by atoms with E-state index >= 15 is 0 Å². The van der Waals surface area contributed by atoms with Crippen molar-refractivity contribution in [1.82, 2.24) is 5.32 Å². The number of carbonyl (C=O) groups is 2. The van der Waals surface area contributed by atoms with Crippen LogP contribution in [0.25, 0.3) is 0 Å².